The standard InChI is InChI=1S/C15H19N/c1-3-16-10-12-8-14(15(16)9-12)13-7-5-4-6-11(13)2/h4-8,12,15H,3,9-10H2,1-2H3. The van der Waals surface area contributed by atoms with Gasteiger partial charge in [-0.25, -0.2) is 0 Å². The molecule has 0 amide bonds. The molecule has 2 unspecified atom stereocenters. The maximum absolute atomic E-state index is 2.62. The van der Waals surface area contributed by atoms with Gasteiger partial charge in [0.15, 0.2) is 0 Å². The van der Waals surface area contributed by atoms with Gasteiger partial charge in [0.25, 0.3) is 0 Å². The fourth-order valence-electron chi connectivity index (χ4n) is 3.26. The van der Waals surface area contributed by atoms with Crippen molar-refractivity contribution in [2.45, 2.75) is 26.3 Å². The van der Waals surface area contributed by atoms with E-state index in [9.17, 15) is 0 Å². The summed E-state index contributed by atoms with van der Waals surface area (Å²) in [7, 11) is 0. The number of likely N-dealkylation sites (tertiary alicyclic amines) is 1. The summed E-state index contributed by atoms with van der Waals surface area (Å²) in [6.45, 7) is 6.95. The summed E-state index contributed by atoms with van der Waals surface area (Å²) >= 11 is 0. The molecular weight excluding hydrogens is 194 g/mol. The van der Waals surface area contributed by atoms with Gasteiger partial charge in [-0.2, -0.15) is 0 Å². The van der Waals surface area contributed by atoms with Gasteiger partial charge in [-0.15, -0.1) is 0 Å². The van der Waals surface area contributed by atoms with Gasteiger partial charge in [-0.1, -0.05) is 37.3 Å². The fraction of sp³-hybridized carbons (Fsp3) is 0.467. The summed E-state index contributed by atoms with van der Waals surface area (Å²) in [5.74, 6) is 0.805. The van der Waals surface area contributed by atoms with E-state index < -0.39 is 0 Å². The number of hydrogen-bond donors (Lipinski definition) is 0. The second-order valence-corrected chi connectivity index (χ2v) is 5.04. The highest BCUT2D eigenvalue weighted by Crippen LogP contribution is 2.42. The third-order valence-electron chi connectivity index (χ3n) is 4.07. The SMILES string of the molecule is CCN1CC2C=C(c3ccccc3C)C1C2. The number of benzene rings is 1. The van der Waals surface area contributed by atoms with Crippen molar-refractivity contribution in [3.8, 4) is 0 Å². The van der Waals surface area contributed by atoms with Crippen LogP contribution >= 0.6 is 0 Å². The molecule has 2 bridgehead atoms. The predicted molar refractivity (Wildman–Crippen MR) is 68.3 cm³/mol. The number of likely N-dealkylation sites (N-methyl/N-ethyl adjacent to an activating group) is 1. The lowest BCUT2D eigenvalue weighted by Gasteiger charge is -2.27. The molecule has 1 aliphatic carbocycles. The molecule has 0 spiro atoms. The van der Waals surface area contributed by atoms with Crippen molar-refractivity contribution < 1.29 is 0 Å². The van der Waals surface area contributed by atoms with E-state index >= 15 is 0 Å². The fourth-order valence-corrected chi connectivity index (χ4v) is 3.26. The normalized spacial score (nSPS) is 28.5. The topological polar surface area (TPSA) is 3.24 Å². The zero-order valence-corrected chi connectivity index (χ0v) is 10.1. The highest BCUT2D eigenvalue weighted by molar-refractivity contribution is 5.75. The van der Waals surface area contributed by atoms with Gasteiger partial charge in [-0.05, 0) is 42.5 Å². The van der Waals surface area contributed by atoms with Crippen LogP contribution in [0.5, 0.6) is 0 Å². The first-order chi connectivity index (χ1) is 7.79. The van der Waals surface area contributed by atoms with Crippen molar-refractivity contribution >= 4 is 5.57 Å². The van der Waals surface area contributed by atoms with Crippen molar-refractivity contribution in [2.24, 2.45) is 5.92 Å². The minimum Gasteiger partial charge on any atom is -0.296 e. The summed E-state index contributed by atoms with van der Waals surface area (Å²) in [5.41, 5.74) is 4.46. The molecule has 1 aliphatic heterocycles. The van der Waals surface area contributed by atoms with Gasteiger partial charge in [0.1, 0.15) is 0 Å². The number of rotatable bonds is 2. The minimum atomic E-state index is 0.691. The Hall–Kier alpha value is -1.08. The van der Waals surface area contributed by atoms with Gasteiger partial charge >= 0.3 is 0 Å². The van der Waals surface area contributed by atoms with Crippen LogP contribution in [0.25, 0.3) is 5.57 Å². The number of aryl methyl sites for hydroxylation is 1. The molecule has 0 aromatic heterocycles. The maximum Gasteiger partial charge on any atom is 0.0357 e. The zero-order chi connectivity index (χ0) is 11.1. The highest BCUT2D eigenvalue weighted by atomic mass is 15.2. The lowest BCUT2D eigenvalue weighted by Crippen LogP contribution is -2.32. The number of fused-ring (bicyclic) bond motifs is 2. The number of nitrogens with zero attached hydrogens (tertiary/aromatic N) is 1. The highest BCUT2D eigenvalue weighted by Gasteiger charge is 2.38. The Morgan fingerprint density at radius 1 is 1.31 bits per heavy atom. The predicted octanol–water partition coefficient (Wildman–Crippen LogP) is 3.10. The molecule has 1 fully saturated rings. The number of hydrogen-bond acceptors (Lipinski definition) is 1. The van der Waals surface area contributed by atoms with Gasteiger partial charge < -0.3 is 0 Å². The first-order valence-corrected chi connectivity index (χ1v) is 6.31. The summed E-state index contributed by atoms with van der Waals surface area (Å²) < 4.78 is 0. The quantitative estimate of drug-likeness (QED) is 0.729. The molecule has 1 heteroatoms. The Bertz CT molecular complexity index is 433. The maximum atomic E-state index is 2.62. The van der Waals surface area contributed by atoms with Crippen molar-refractivity contribution in [3.63, 3.8) is 0 Å². The van der Waals surface area contributed by atoms with Crippen LogP contribution in [0.1, 0.15) is 24.5 Å². The third-order valence-corrected chi connectivity index (χ3v) is 4.07. The monoisotopic (exact) mass is 213 g/mol. The Kier molecular flexibility index (Phi) is 2.36. The molecule has 1 aromatic carbocycles. The molecule has 84 valence electrons. The van der Waals surface area contributed by atoms with Crippen molar-refractivity contribution in [1.82, 2.24) is 4.90 Å². The van der Waals surface area contributed by atoms with Gasteiger partial charge in [0.2, 0.25) is 0 Å². The van der Waals surface area contributed by atoms with Crippen LogP contribution in [0.2, 0.25) is 0 Å². The van der Waals surface area contributed by atoms with Crippen molar-refractivity contribution in [3.05, 3.63) is 41.5 Å². The molecular formula is C15H19N. The molecule has 0 saturated carbocycles. The molecule has 1 heterocycles. The third kappa shape index (κ3) is 1.42. The molecule has 1 aromatic rings. The largest absolute Gasteiger partial charge is 0.296 e. The molecule has 0 N–H and O–H groups in total. The summed E-state index contributed by atoms with van der Waals surface area (Å²) in [6, 6.07) is 9.47. The smallest absolute Gasteiger partial charge is 0.0357 e. The molecule has 1 saturated heterocycles. The second kappa shape index (κ2) is 3.74. The Balaban J connectivity index is 1.98. The molecule has 2 aliphatic rings. The summed E-state index contributed by atoms with van der Waals surface area (Å²) in [5, 5.41) is 0. The van der Waals surface area contributed by atoms with Crippen LogP contribution in [0.4, 0.5) is 0 Å². The molecule has 16 heavy (non-hydrogen) atoms. The van der Waals surface area contributed by atoms with Gasteiger partial charge in [-0.3, -0.25) is 4.90 Å². The van der Waals surface area contributed by atoms with E-state index in [0.29, 0.717) is 6.04 Å². The lowest BCUT2D eigenvalue weighted by atomic mass is 9.96. The van der Waals surface area contributed by atoms with Gasteiger partial charge in [0.05, 0.1) is 0 Å². The van der Waals surface area contributed by atoms with E-state index in [1.165, 1.54) is 30.6 Å². The molecule has 3 rings (SSSR count). The van der Waals surface area contributed by atoms with Crippen molar-refractivity contribution in [1.29, 1.82) is 0 Å². The Morgan fingerprint density at radius 3 is 2.81 bits per heavy atom. The van der Waals surface area contributed by atoms with E-state index in [1.807, 2.05) is 0 Å². The Labute approximate surface area is 97.8 Å². The van der Waals surface area contributed by atoms with E-state index in [0.717, 1.165) is 5.92 Å². The van der Waals surface area contributed by atoms with E-state index in [1.54, 1.807) is 5.57 Å². The second-order valence-electron chi connectivity index (χ2n) is 5.04. The first-order valence-electron chi connectivity index (χ1n) is 6.31. The molecule has 2 atom stereocenters. The lowest BCUT2D eigenvalue weighted by molar-refractivity contribution is 0.302. The minimum absolute atomic E-state index is 0.691. The molecule has 0 radical (unpaired) electrons. The average Bonchev–Trinajstić information content (AvgIpc) is 2.88. The van der Waals surface area contributed by atoms with Crippen LogP contribution in [-0.2, 0) is 0 Å². The summed E-state index contributed by atoms with van der Waals surface area (Å²) in [4.78, 5) is 2.62. The van der Waals surface area contributed by atoms with Gasteiger partial charge in [0, 0.05) is 12.6 Å². The molecule has 1 nitrogen and oxygen atoms in total. The van der Waals surface area contributed by atoms with Crippen LogP contribution in [0.15, 0.2) is 30.3 Å². The van der Waals surface area contributed by atoms with Crippen molar-refractivity contribution in [2.75, 3.05) is 13.1 Å². The van der Waals surface area contributed by atoms with E-state index in [4.69, 9.17) is 0 Å². The van der Waals surface area contributed by atoms with E-state index in [-0.39, 0.29) is 0 Å². The average molecular weight is 213 g/mol. The summed E-state index contributed by atoms with van der Waals surface area (Å²) in [6.07, 6.45) is 3.86. The van der Waals surface area contributed by atoms with Crippen LogP contribution in [0, 0.1) is 12.8 Å². The Morgan fingerprint density at radius 2 is 2.12 bits per heavy atom. The van der Waals surface area contributed by atoms with Crippen LogP contribution < -0.4 is 0 Å². The van der Waals surface area contributed by atoms with Crippen LogP contribution in [0.3, 0.4) is 0 Å². The first kappa shape index (κ1) is 10.1. The van der Waals surface area contributed by atoms with Crippen LogP contribution in [-0.4, -0.2) is 24.0 Å². The van der Waals surface area contributed by atoms with E-state index in [2.05, 4.69) is 49.1 Å². The zero-order valence-electron chi connectivity index (χ0n) is 10.1.